The van der Waals surface area contributed by atoms with Crippen LogP contribution in [0.2, 0.25) is 0 Å². The highest BCUT2D eigenvalue weighted by Gasteiger charge is 2.10. The number of aliphatic hydroxyl groups is 1. The second kappa shape index (κ2) is 10.5. The molecular weight excluding hydrogens is 338 g/mol. The van der Waals surface area contributed by atoms with Gasteiger partial charge in [-0.3, -0.25) is 4.79 Å². The predicted octanol–water partition coefficient (Wildman–Crippen LogP) is 2.66. The van der Waals surface area contributed by atoms with Crippen LogP contribution in [0.25, 0.3) is 6.08 Å². The van der Waals surface area contributed by atoms with E-state index < -0.39 is 11.9 Å². The minimum absolute atomic E-state index is 0.0327. The Labute approximate surface area is 151 Å². The molecular formula is C19H21NO6. The van der Waals surface area contributed by atoms with Crippen LogP contribution < -0.4 is 14.8 Å². The number of aromatic carboxylic acids is 1. The topological polar surface area (TPSA) is 105 Å². The van der Waals surface area contributed by atoms with Crippen LogP contribution in [0.1, 0.15) is 15.9 Å². The van der Waals surface area contributed by atoms with Crippen molar-refractivity contribution in [2.75, 3.05) is 26.6 Å². The van der Waals surface area contributed by atoms with Gasteiger partial charge in [0.15, 0.2) is 11.5 Å². The molecule has 2 aromatic carbocycles. The van der Waals surface area contributed by atoms with Crippen molar-refractivity contribution in [3.63, 3.8) is 0 Å². The molecule has 0 aliphatic heterocycles. The lowest BCUT2D eigenvalue weighted by Gasteiger charge is -2.08. The summed E-state index contributed by atoms with van der Waals surface area (Å²) in [5, 5.41) is 18.6. The van der Waals surface area contributed by atoms with Crippen molar-refractivity contribution in [2.45, 2.75) is 0 Å². The van der Waals surface area contributed by atoms with Gasteiger partial charge < -0.3 is 25.0 Å². The molecule has 138 valence electrons. The summed E-state index contributed by atoms with van der Waals surface area (Å²) < 4.78 is 10.3. The van der Waals surface area contributed by atoms with Crippen molar-refractivity contribution < 1.29 is 29.3 Å². The first-order chi connectivity index (χ1) is 12.5. The van der Waals surface area contributed by atoms with Gasteiger partial charge in [-0.15, -0.1) is 0 Å². The van der Waals surface area contributed by atoms with Gasteiger partial charge in [-0.05, 0) is 35.9 Å². The van der Waals surface area contributed by atoms with E-state index in [0.29, 0.717) is 11.5 Å². The quantitative estimate of drug-likeness (QED) is 0.685. The molecule has 26 heavy (non-hydrogen) atoms. The molecule has 2 aromatic rings. The summed E-state index contributed by atoms with van der Waals surface area (Å²) in [6.07, 6.45) is 2.92. The summed E-state index contributed by atoms with van der Waals surface area (Å²) in [7, 11) is 4.07. The Balaban J connectivity index is 0.00000163. The highest BCUT2D eigenvalue weighted by Crippen LogP contribution is 2.28. The predicted molar refractivity (Wildman–Crippen MR) is 98.8 cm³/mol. The van der Waals surface area contributed by atoms with Crippen LogP contribution in [0.4, 0.5) is 5.69 Å². The summed E-state index contributed by atoms with van der Waals surface area (Å²) in [4.78, 5) is 23.1. The van der Waals surface area contributed by atoms with Gasteiger partial charge in [0, 0.05) is 13.2 Å². The van der Waals surface area contributed by atoms with E-state index in [1.165, 1.54) is 25.3 Å². The number of amides is 1. The van der Waals surface area contributed by atoms with Gasteiger partial charge in [0.2, 0.25) is 5.91 Å². The van der Waals surface area contributed by atoms with Gasteiger partial charge in [0.1, 0.15) is 0 Å². The summed E-state index contributed by atoms with van der Waals surface area (Å²) in [6, 6.07) is 11.4. The van der Waals surface area contributed by atoms with Crippen LogP contribution in [-0.4, -0.2) is 43.4 Å². The Morgan fingerprint density at radius 1 is 1.00 bits per heavy atom. The van der Waals surface area contributed by atoms with E-state index in [4.69, 9.17) is 19.7 Å². The number of rotatable bonds is 6. The number of carbonyl (C=O) groups excluding carboxylic acids is 1. The lowest BCUT2D eigenvalue weighted by atomic mass is 10.1. The van der Waals surface area contributed by atoms with Crippen LogP contribution in [0.3, 0.4) is 0 Å². The molecule has 0 atom stereocenters. The minimum atomic E-state index is -1.10. The monoisotopic (exact) mass is 359 g/mol. The fourth-order valence-electron chi connectivity index (χ4n) is 2.08. The van der Waals surface area contributed by atoms with E-state index in [0.717, 1.165) is 12.7 Å². The van der Waals surface area contributed by atoms with E-state index in [9.17, 15) is 9.59 Å². The Morgan fingerprint density at radius 2 is 1.65 bits per heavy atom. The van der Waals surface area contributed by atoms with E-state index in [1.807, 2.05) is 0 Å². The molecule has 0 aromatic heterocycles. The summed E-state index contributed by atoms with van der Waals surface area (Å²) in [5.74, 6) is -0.390. The Bertz CT molecular complexity index is 785. The number of benzene rings is 2. The summed E-state index contributed by atoms with van der Waals surface area (Å²) in [6.45, 7) is 0. The lowest BCUT2D eigenvalue weighted by molar-refractivity contribution is -0.111. The van der Waals surface area contributed by atoms with Crippen LogP contribution >= 0.6 is 0 Å². The zero-order chi connectivity index (χ0) is 19.5. The summed E-state index contributed by atoms with van der Waals surface area (Å²) >= 11 is 0. The molecule has 1 amide bonds. The number of methoxy groups -OCH3 is 2. The van der Waals surface area contributed by atoms with Gasteiger partial charge in [0.25, 0.3) is 0 Å². The second-order valence-corrected chi connectivity index (χ2v) is 4.79. The van der Waals surface area contributed by atoms with Gasteiger partial charge in [0.05, 0.1) is 25.5 Å². The van der Waals surface area contributed by atoms with Crippen molar-refractivity contribution in [1.29, 1.82) is 0 Å². The first kappa shape index (κ1) is 20.7. The van der Waals surface area contributed by atoms with Crippen molar-refractivity contribution in [3.05, 3.63) is 59.7 Å². The molecule has 0 fully saturated rings. The highest BCUT2D eigenvalue weighted by atomic mass is 16.5. The fourth-order valence-corrected chi connectivity index (χ4v) is 2.08. The van der Waals surface area contributed by atoms with Crippen LogP contribution in [0, 0.1) is 0 Å². The molecule has 0 aliphatic rings. The number of carbonyl (C=O) groups is 2. The van der Waals surface area contributed by atoms with Crippen molar-refractivity contribution >= 4 is 23.6 Å². The molecule has 7 heteroatoms. The lowest BCUT2D eigenvalue weighted by Crippen LogP contribution is -2.11. The van der Waals surface area contributed by atoms with E-state index in [-0.39, 0.29) is 11.3 Å². The normalized spacial score (nSPS) is 9.85. The third-order valence-electron chi connectivity index (χ3n) is 3.25. The smallest absolute Gasteiger partial charge is 0.337 e. The largest absolute Gasteiger partial charge is 0.493 e. The van der Waals surface area contributed by atoms with Crippen LogP contribution in [-0.2, 0) is 4.79 Å². The standard InChI is InChI=1S/C18H17NO5.CH4O/c1-23-15-9-7-12(11-16(15)24-2)8-10-17(20)19-14-6-4-3-5-13(14)18(21)22;1-2/h3-11H,1-2H3,(H,19,20)(H,21,22);2H,1H3/b10-8+;. The van der Waals surface area contributed by atoms with Crippen molar-refractivity contribution in [1.82, 2.24) is 0 Å². The number of aliphatic hydroxyl groups excluding tert-OH is 1. The number of carboxylic acids is 1. The molecule has 0 saturated heterocycles. The molecule has 2 rings (SSSR count). The fraction of sp³-hybridized carbons (Fsp3) is 0.158. The Kier molecular flexibility index (Phi) is 8.39. The average Bonchev–Trinajstić information content (AvgIpc) is 2.67. The third kappa shape index (κ3) is 5.64. The van der Waals surface area contributed by atoms with Gasteiger partial charge in [-0.2, -0.15) is 0 Å². The third-order valence-corrected chi connectivity index (χ3v) is 3.25. The highest BCUT2D eigenvalue weighted by molar-refractivity contribution is 6.06. The SMILES string of the molecule is CO.COc1ccc(/C=C/C(=O)Nc2ccccc2C(=O)O)cc1OC. The molecule has 3 N–H and O–H groups in total. The van der Waals surface area contributed by atoms with Crippen molar-refractivity contribution in [3.8, 4) is 11.5 Å². The average molecular weight is 359 g/mol. The van der Waals surface area contributed by atoms with Crippen LogP contribution in [0.15, 0.2) is 48.5 Å². The van der Waals surface area contributed by atoms with E-state index in [1.54, 1.807) is 43.5 Å². The number of para-hydroxylation sites is 1. The van der Waals surface area contributed by atoms with Crippen LogP contribution in [0.5, 0.6) is 11.5 Å². The zero-order valence-electron chi connectivity index (χ0n) is 14.7. The molecule has 0 bridgehead atoms. The number of hydrogen-bond acceptors (Lipinski definition) is 5. The van der Waals surface area contributed by atoms with Crippen molar-refractivity contribution in [2.24, 2.45) is 0 Å². The number of ether oxygens (including phenoxy) is 2. The second-order valence-electron chi connectivity index (χ2n) is 4.79. The maximum atomic E-state index is 12.0. The summed E-state index contributed by atoms with van der Waals surface area (Å²) in [5.41, 5.74) is 1.02. The zero-order valence-corrected chi connectivity index (χ0v) is 14.7. The molecule has 0 heterocycles. The number of anilines is 1. The first-order valence-electron chi connectivity index (χ1n) is 7.53. The molecule has 0 radical (unpaired) electrons. The molecule has 0 saturated carbocycles. The number of hydrogen-bond donors (Lipinski definition) is 3. The van der Waals surface area contributed by atoms with E-state index in [2.05, 4.69) is 5.32 Å². The van der Waals surface area contributed by atoms with Gasteiger partial charge in [-0.25, -0.2) is 4.79 Å². The maximum Gasteiger partial charge on any atom is 0.337 e. The first-order valence-corrected chi connectivity index (χ1v) is 7.53. The minimum Gasteiger partial charge on any atom is -0.493 e. The molecule has 7 nitrogen and oxygen atoms in total. The maximum absolute atomic E-state index is 12.0. The number of carboxylic acid groups (broad SMARTS) is 1. The Morgan fingerprint density at radius 3 is 2.27 bits per heavy atom. The van der Waals surface area contributed by atoms with E-state index >= 15 is 0 Å². The number of nitrogens with one attached hydrogen (secondary N) is 1. The van der Waals surface area contributed by atoms with Gasteiger partial charge >= 0.3 is 5.97 Å². The van der Waals surface area contributed by atoms with Gasteiger partial charge in [-0.1, -0.05) is 18.2 Å². The molecule has 0 unspecified atom stereocenters. The molecule has 0 aliphatic carbocycles. The molecule has 0 spiro atoms. The Hall–Kier alpha value is -3.32.